The van der Waals surface area contributed by atoms with Gasteiger partial charge < -0.3 is 19.6 Å². The van der Waals surface area contributed by atoms with Gasteiger partial charge in [-0.25, -0.2) is 9.59 Å². The first-order valence-electron chi connectivity index (χ1n) is 6.14. The predicted octanol–water partition coefficient (Wildman–Crippen LogP) is 2.00. The summed E-state index contributed by atoms with van der Waals surface area (Å²) in [7, 11) is 1.53. The molecule has 1 saturated heterocycles. The molecule has 1 aliphatic heterocycles. The number of carbonyl (C=O) groups excluding carboxylic acids is 1. The van der Waals surface area contributed by atoms with Crippen LogP contribution in [0.1, 0.15) is 33.6 Å². The van der Waals surface area contributed by atoms with Crippen molar-refractivity contribution in [3.63, 3.8) is 0 Å². The fourth-order valence-corrected chi connectivity index (χ4v) is 1.92. The molecule has 0 spiro atoms. The van der Waals surface area contributed by atoms with Gasteiger partial charge >= 0.3 is 12.2 Å². The van der Waals surface area contributed by atoms with Crippen LogP contribution in [-0.2, 0) is 4.74 Å². The van der Waals surface area contributed by atoms with Crippen LogP contribution in [0, 0.1) is 0 Å². The number of rotatable bonds is 1. The van der Waals surface area contributed by atoms with E-state index >= 15 is 0 Å². The van der Waals surface area contributed by atoms with Crippen molar-refractivity contribution < 1.29 is 19.4 Å². The molecule has 2 amide bonds. The minimum absolute atomic E-state index is 0.149. The molecule has 0 aromatic carbocycles. The van der Waals surface area contributed by atoms with Gasteiger partial charge in [0, 0.05) is 20.1 Å². The van der Waals surface area contributed by atoms with Crippen molar-refractivity contribution in [2.45, 2.75) is 45.3 Å². The summed E-state index contributed by atoms with van der Waals surface area (Å²) in [5.41, 5.74) is -0.525. The highest BCUT2D eigenvalue weighted by Crippen LogP contribution is 2.18. The minimum atomic E-state index is -0.967. The maximum atomic E-state index is 11.9. The van der Waals surface area contributed by atoms with Crippen molar-refractivity contribution in [2.24, 2.45) is 0 Å². The number of hydrogen-bond acceptors (Lipinski definition) is 3. The summed E-state index contributed by atoms with van der Waals surface area (Å²) in [5, 5.41) is 8.94. The molecule has 0 unspecified atom stereocenters. The number of carbonyl (C=O) groups is 2. The van der Waals surface area contributed by atoms with E-state index in [0.29, 0.717) is 13.1 Å². The second kappa shape index (κ2) is 5.46. The summed E-state index contributed by atoms with van der Waals surface area (Å²) in [6.45, 7) is 6.47. The molecule has 0 radical (unpaired) electrons. The smallest absolute Gasteiger partial charge is 0.410 e. The number of likely N-dealkylation sites (N-methyl/N-ethyl adjacent to an activating group) is 1. The SMILES string of the molecule is CN(C(=O)O)[C@H]1CCCN(C(=O)OC(C)(C)C)C1. The summed E-state index contributed by atoms with van der Waals surface area (Å²) < 4.78 is 5.29. The number of piperidine rings is 1. The van der Waals surface area contributed by atoms with Crippen LogP contribution in [0.4, 0.5) is 9.59 Å². The van der Waals surface area contributed by atoms with Gasteiger partial charge in [0.2, 0.25) is 0 Å². The van der Waals surface area contributed by atoms with Crippen molar-refractivity contribution >= 4 is 12.2 Å². The molecular weight excluding hydrogens is 236 g/mol. The van der Waals surface area contributed by atoms with E-state index in [1.807, 2.05) is 20.8 Å². The number of ether oxygens (including phenoxy) is 1. The van der Waals surface area contributed by atoms with E-state index in [0.717, 1.165) is 12.8 Å². The molecule has 1 fully saturated rings. The number of carboxylic acid groups (broad SMARTS) is 1. The Hall–Kier alpha value is -1.46. The Morgan fingerprint density at radius 1 is 1.39 bits per heavy atom. The monoisotopic (exact) mass is 258 g/mol. The predicted molar refractivity (Wildman–Crippen MR) is 66.6 cm³/mol. The van der Waals surface area contributed by atoms with Gasteiger partial charge in [0.1, 0.15) is 5.60 Å². The van der Waals surface area contributed by atoms with Crippen LogP contribution in [0.5, 0.6) is 0 Å². The van der Waals surface area contributed by atoms with E-state index in [2.05, 4.69) is 0 Å². The van der Waals surface area contributed by atoms with Crippen molar-refractivity contribution in [3.05, 3.63) is 0 Å². The summed E-state index contributed by atoms with van der Waals surface area (Å²) in [5.74, 6) is 0. The van der Waals surface area contributed by atoms with Crippen molar-refractivity contribution in [2.75, 3.05) is 20.1 Å². The largest absolute Gasteiger partial charge is 0.465 e. The highest BCUT2D eigenvalue weighted by molar-refractivity contribution is 5.69. The highest BCUT2D eigenvalue weighted by atomic mass is 16.6. The standard InChI is InChI=1S/C12H22N2O4/c1-12(2,3)18-11(17)14-7-5-6-9(8-14)13(4)10(15)16/h9H,5-8H2,1-4H3,(H,15,16)/t9-/m0/s1. The third-order valence-electron chi connectivity index (χ3n) is 2.90. The molecule has 1 aliphatic rings. The Morgan fingerprint density at radius 2 is 2.00 bits per heavy atom. The molecular formula is C12H22N2O4. The van der Waals surface area contributed by atoms with Crippen LogP contribution < -0.4 is 0 Å². The normalized spacial score (nSPS) is 20.4. The van der Waals surface area contributed by atoms with Gasteiger partial charge in [-0.15, -0.1) is 0 Å². The lowest BCUT2D eigenvalue weighted by molar-refractivity contribution is 0.0130. The molecule has 6 heteroatoms. The minimum Gasteiger partial charge on any atom is -0.465 e. The summed E-state index contributed by atoms with van der Waals surface area (Å²) in [6.07, 6.45) is 0.237. The molecule has 1 atom stereocenters. The van der Waals surface area contributed by atoms with E-state index < -0.39 is 11.7 Å². The zero-order chi connectivity index (χ0) is 13.9. The van der Waals surface area contributed by atoms with E-state index in [1.165, 1.54) is 11.9 Å². The van der Waals surface area contributed by atoms with E-state index in [9.17, 15) is 9.59 Å². The molecule has 0 aliphatic carbocycles. The first-order valence-corrected chi connectivity index (χ1v) is 6.14. The maximum Gasteiger partial charge on any atom is 0.410 e. The molecule has 1 N–H and O–H groups in total. The average Bonchev–Trinajstić information content (AvgIpc) is 2.25. The zero-order valence-electron chi connectivity index (χ0n) is 11.5. The number of amides is 2. The van der Waals surface area contributed by atoms with E-state index in [4.69, 9.17) is 9.84 Å². The third kappa shape index (κ3) is 4.09. The lowest BCUT2D eigenvalue weighted by Gasteiger charge is -2.37. The Balaban J connectivity index is 2.58. The first-order chi connectivity index (χ1) is 8.20. The quantitative estimate of drug-likeness (QED) is 0.781. The summed E-state index contributed by atoms with van der Waals surface area (Å²) >= 11 is 0. The molecule has 1 rings (SSSR count). The van der Waals surface area contributed by atoms with E-state index in [1.54, 1.807) is 4.90 Å². The molecule has 6 nitrogen and oxygen atoms in total. The fraction of sp³-hybridized carbons (Fsp3) is 0.833. The van der Waals surface area contributed by atoms with Gasteiger partial charge in [-0.2, -0.15) is 0 Å². The van der Waals surface area contributed by atoms with Crippen molar-refractivity contribution in [1.29, 1.82) is 0 Å². The Bertz CT molecular complexity index is 325. The topological polar surface area (TPSA) is 70.1 Å². The van der Waals surface area contributed by atoms with Crippen LogP contribution >= 0.6 is 0 Å². The molecule has 0 aromatic heterocycles. The maximum absolute atomic E-state index is 11.9. The zero-order valence-corrected chi connectivity index (χ0v) is 11.5. The number of hydrogen-bond donors (Lipinski definition) is 1. The second-order valence-corrected chi connectivity index (χ2v) is 5.62. The van der Waals surface area contributed by atoms with Gasteiger partial charge in [0.25, 0.3) is 0 Å². The van der Waals surface area contributed by atoms with Crippen LogP contribution in [0.15, 0.2) is 0 Å². The van der Waals surface area contributed by atoms with Gasteiger partial charge in [-0.05, 0) is 33.6 Å². The van der Waals surface area contributed by atoms with E-state index in [-0.39, 0.29) is 12.1 Å². The number of nitrogens with zero attached hydrogens (tertiary/aromatic N) is 2. The molecule has 0 saturated carbocycles. The second-order valence-electron chi connectivity index (χ2n) is 5.62. The molecule has 104 valence electrons. The van der Waals surface area contributed by atoms with Gasteiger partial charge in [0.05, 0.1) is 6.04 Å². The van der Waals surface area contributed by atoms with Crippen molar-refractivity contribution in [1.82, 2.24) is 9.80 Å². The lowest BCUT2D eigenvalue weighted by Crippen LogP contribution is -2.51. The van der Waals surface area contributed by atoms with Gasteiger partial charge in [-0.3, -0.25) is 0 Å². The molecule has 1 heterocycles. The highest BCUT2D eigenvalue weighted by Gasteiger charge is 2.30. The number of likely N-dealkylation sites (tertiary alicyclic amines) is 1. The fourth-order valence-electron chi connectivity index (χ4n) is 1.92. The Morgan fingerprint density at radius 3 is 2.50 bits per heavy atom. The summed E-state index contributed by atoms with van der Waals surface area (Å²) in [4.78, 5) is 25.6. The molecule has 0 aromatic rings. The van der Waals surface area contributed by atoms with Crippen LogP contribution in [0.3, 0.4) is 0 Å². The first kappa shape index (κ1) is 14.6. The average molecular weight is 258 g/mol. The summed E-state index contributed by atoms with van der Waals surface area (Å²) in [6, 6.07) is -0.149. The molecule has 0 bridgehead atoms. The Labute approximate surface area is 107 Å². The van der Waals surface area contributed by atoms with Gasteiger partial charge in [-0.1, -0.05) is 0 Å². The Kier molecular flexibility index (Phi) is 4.43. The van der Waals surface area contributed by atoms with Crippen molar-refractivity contribution in [3.8, 4) is 0 Å². The van der Waals surface area contributed by atoms with Crippen LogP contribution in [-0.4, -0.2) is 58.9 Å². The third-order valence-corrected chi connectivity index (χ3v) is 2.90. The van der Waals surface area contributed by atoms with Crippen LogP contribution in [0.25, 0.3) is 0 Å². The van der Waals surface area contributed by atoms with Gasteiger partial charge in [0.15, 0.2) is 0 Å². The molecule has 18 heavy (non-hydrogen) atoms. The lowest BCUT2D eigenvalue weighted by atomic mass is 10.1. The van der Waals surface area contributed by atoms with Crippen LogP contribution in [0.2, 0.25) is 0 Å².